The van der Waals surface area contributed by atoms with Crippen LogP contribution in [0.3, 0.4) is 0 Å². The summed E-state index contributed by atoms with van der Waals surface area (Å²) in [6, 6.07) is 4.86. The summed E-state index contributed by atoms with van der Waals surface area (Å²) < 4.78 is 72.0. The Labute approximate surface area is 278 Å². The number of hydrogen-bond acceptors (Lipinski definition) is 10. The number of rotatable bonds is 6. The first-order valence-electron chi connectivity index (χ1n) is 15.1. The lowest BCUT2D eigenvalue weighted by atomic mass is 9.92. The van der Waals surface area contributed by atoms with Gasteiger partial charge in [0.05, 0.1) is 28.7 Å². The summed E-state index contributed by atoms with van der Waals surface area (Å²) in [5, 5.41) is -0.644. The third-order valence-electron chi connectivity index (χ3n) is 9.12. The smallest absolute Gasteiger partial charge is 0.418 e. The molecule has 0 unspecified atom stereocenters. The number of nitrogen functional groups attached to an aromatic ring is 2. The summed E-state index contributed by atoms with van der Waals surface area (Å²) in [6.45, 7) is 12.0. The number of anilines is 3. The molecule has 0 saturated carbocycles. The first-order valence-corrected chi connectivity index (χ1v) is 15.5. The fraction of sp³-hybridized carbons (Fsp3) is 0.333. The SMILES string of the molecule is C=C1CN2CC(=C)CC2(COc2nc3c4c(nc(-c5cc(N)cc(Cl)c5C(F)(F)F)c(F)c4n2)OCCN3[C@H](C)c2cccnc2N)C1. The summed E-state index contributed by atoms with van der Waals surface area (Å²) in [6.07, 6.45) is -2.04. The zero-order chi connectivity index (χ0) is 34.1. The Morgan fingerprint density at radius 1 is 1.12 bits per heavy atom. The highest BCUT2D eigenvalue weighted by Crippen LogP contribution is 2.47. The van der Waals surface area contributed by atoms with Crippen LogP contribution in [0.25, 0.3) is 22.2 Å². The van der Waals surface area contributed by atoms with Gasteiger partial charge in [-0.1, -0.05) is 42.0 Å². The molecule has 0 amide bonds. The van der Waals surface area contributed by atoms with Gasteiger partial charge in [-0.3, -0.25) is 4.90 Å². The van der Waals surface area contributed by atoms with Crippen LogP contribution in [-0.2, 0) is 6.18 Å². The second kappa shape index (κ2) is 11.5. The van der Waals surface area contributed by atoms with E-state index < -0.39 is 45.4 Å². The van der Waals surface area contributed by atoms with Gasteiger partial charge in [-0.25, -0.2) is 14.4 Å². The van der Waals surface area contributed by atoms with Crippen LogP contribution in [0.1, 0.15) is 36.9 Å². The highest BCUT2D eigenvalue weighted by atomic mass is 35.5. The van der Waals surface area contributed by atoms with Crippen molar-refractivity contribution in [1.82, 2.24) is 24.8 Å². The standard InChI is InChI=1S/C33H31ClF4N8O2/c1-16-11-32(12-17(2)14-45(32)13-16)15-48-31-43-27-23-29(44-31)46(18(3)20-5-4-6-41-28(20)40)7-8-47-30(23)42-26(25(27)35)21-9-19(39)10-22(34)24(21)33(36,37)38/h4-6,9-10,18H,1-2,7-8,11-15,39H2,3H3,(H2,40,41)/t18-/m1/s1. The van der Waals surface area contributed by atoms with Gasteiger partial charge < -0.3 is 25.8 Å². The number of ether oxygens (including phenoxy) is 2. The number of nitrogens with zero attached hydrogens (tertiary/aromatic N) is 6. The third kappa shape index (κ3) is 5.32. The minimum Gasteiger partial charge on any atom is -0.475 e. The number of aromatic nitrogens is 4. The van der Waals surface area contributed by atoms with E-state index in [1.54, 1.807) is 12.3 Å². The van der Waals surface area contributed by atoms with Crippen molar-refractivity contribution in [3.05, 3.63) is 76.7 Å². The number of fused-ring (bicyclic) bond motifs is 1. The Balaban J connectivity index is 1.43. The topological polar surface area (TPSA) is 129 Å². The lowest BCUT2D eigenvalue weighted by Crippen LogP contribution is -2.43. The molecule has 0 radical (unpaired) electrons. The van der Waals surface area contributed by atoms with Crippen molar-refractivity contribution in [3.63, 3.8) is 0 Å². The first kappa shape index (κ1) is 31.9. The van der Waals surface area contributed by atoms with Crippen molar-refractivity contribution < 1.29 is 27.0 Å². The predicted octanol–water partition coefficient (Wildman–Crippen LogP) is 6.36. The van der Waals surface area contributed by atoms with E-state index >= 15 is 4.39 Å². The van der Waals surface area contributed by atoms with Gasteiger partial charge in [0, 0.05) is 36.1 Å². The zero-order valence-electron chi connectivity index (χ0n) is 25.9. The Morgan fingerprint density at radius 2 is 1.85 bits per heavy atom. The minimum absolute atomic E-state index is 0.0241. The number of nitrogens with two attached hydrogens (primary N) is 2. The van der Waals surface area contributed by atoms with Gasteiger partial charge in [-0.2, -0.15) is 23.1 Å². The van der Waals surface area contributed by atoms with E-state index in [0.717, 1.165) is 23.3 Å². The molecule has 0 spiro atoms. The van der Waals surface area contributed by atoms with E-state index in [1.165, 1.54) is 0 Å². The molecule has 4 N–H and O–H groups in total. The molecule has 3 aliphatic heterocycles. The normalized spacial score (nSPS) is 18.2. The van der Waals surface area contributed by atoms with Crippen LogP contribution >= 0.6 is 11.6 Å². The molecule has 4 aromatic rings. The quantitative estimate of drug-likeness (QED) is 0.135. The second-order valence-electron chi connectivity index (χ2n) is 12.5. The molecule has 0 aliphatic carbocycles. The number of halogens is 5. The van der Waals surface area contributed by atoms with Crippen LogP contribution in [0.5, 0.6) is 11.9 Å². The fourth-order valence-corrected chi connectivity index (χ4v) is 7.42. The minimum atomic E-state index is -4.96. The first-order chi connectivity index (χ1) is 22.8. The number of alkyl halides is 3. The fourth-order valence-electron chi connectivity index (χ4n) is 7.09. The molecular weight excluding hydrogens is 652 g/mol. The van der Waals surface area contributed by atoms with E-state index in [2.05, 4.69) is 33.0 Å². The van der Waals surface area contributed by atoms with E-state index in [4.69, 9.17) is 37.5 Å². The lowest BCUT2D eigenvalue weighted by Gasteiger charge is -2.31. The van der Waals surface area contributed by atoms with Gasteiger partial charge in [-0.15, -0.1) is 0 Å². The zero-order valence-corrected chi connectivity index (χ0v) is 26.6. The molecule has 0 bridgehead atoms. The molecular formula is C33H31ClF4N8O2. The Morgan fingerprint density at radius 3 is 2.54 bits per heavy atom. The summed E-state index contributed by atoms with van der Waals surface area (Å²) >= 11 is 6.03. The van der Waals surface area contributed by atoms with Crippen molar-refractivity contribution >= 4 is 39.8 Å². The van der Waals surface area contributed by atoms with Gasteiger partial charge >= 0.3 is 12.2 Å². The molecule has 2 fully saturated rings. The molecule has 6 heterocycles. The van der Waals surface area contributed by atoms with Gasteiger partial charge in [0.2, 0.25) is 5.88 Å². The maximum atomic E-state index is 16.8. The Kier molecular flexibility index (Phi) is 7.63. The molecule has 3 aromatic heterocycles. The van der Waals surface area contributed by atoms with Gasteiger partial charge in [-0.05, 0) is 38.0 Å². The largest absolute Gasteiger partial charge is 0.475 e. The Hall–Kier alpha value is -4.69. The monoisotopic (exact) mass is 682 g/mol. The van der Waals surface area contributed by atoms with E-state index in [-0.39, 0.29) is 59.9 Å². The Bertz CT molecular complexity index is 1990. The molecule has 48 heavy (non-hydrogen) atoms. The molecule has 7 rings (SSSR count). The molecule has 1 atom stereocenters. The number of hydrogen-bond donors (Lipinski definition) is 2. The van der Waals surface area contributed by atoms with Crippen LogP contribution < -0.4 is 25.8 Å². The molecule has 15 heteroatoms. The highest BCUT2D eigenvalue weighted by Gasteiger charge is 2.48. The lowest BCUT2D eigenvalue weighted by molar-refractivity contribution is -0.137. The van der Waals surface area contributed by atoms with E-state index in [9.17, 15) is 13.2 Å². The maximum absolute atomic E-state index is 16.8. The van der Waals surface area contributed by atoms with Crippen LogP contribution in [0, 0.1) is 5.82 Å². The molecule has 2 saturated heterocycles. The van der Waals surface area contributed by atoms with Gasteiger partial charge in [0.15, 0.2) is 5.82 Å². The van der Waals surface area contributed by atoms with Gasteiger partial charge in [0.25, 0.3) is 0 Å². The van der Waals surface area contributed by atoms with Crippen LogP contribution in [0.15, 0.2) is 54.8 Å². The summed E-state index contributed by atoms with van der Waals surface area (Å²) in [5.41, 5.74) is 11.4. The summed E-state index contributed by atoms with van der Waals surface area (Å²) in [5.74, 6) is -0.819. The summed E-state index contributed by atoms with van der Waals surface area (Å²) in [7, 11) is 0. The average molecular weight is 683 g/mol. The maximum Gasteiger partial charge on any atom is 0.418 e. The average Bonchev–Trinajstić information content (AvgIpc) is 3.39. The third-order valence-corrected chi connectivity index (χ3v) is 9.42. The molecule has 10 nitrogen and oxygen atoms in total. The second-order valence-corrected chi connectivity index (χ2v) is 12.9. The van der Waals surface area contributed by atoms with Crippen molar-refractivity contribution in [2.24, 2.45) is 0 Å². The summed E-state index contributed by atoms with van der Waals surface area (Å²) in [4.78, 5) is 21.7. The van der Waals surface area contributed by atoms with E-state index in [1.807, 2.05) is 17.9 Å². The highest BCUT2D eigenvalue weighted by molar-refractivity contribution is 6.32. The predicted molar refractivity (Wildman–Crippen MR) is 174 cm³/mol. The van der Waals surface area contributed by atoms with Crippen molar-refractivity contribution in [1.29, 1.82) is 0 Å². The van der Waals surface area contributed by atoms with Crippen LogP contribution in [0.2, 0.25) is 5.02 Å². The number of pyridine rings is 2. The van der Waals surface area contributed by atoms with Crippen molar-refractivity contribution in [2.45, 2.75) is 37.5 Å². The van der Waals surface area contributed by atoms with Crippen LogP contribution in [0.4, 0.5) is 34.9 Å². The van der Waals surface area contributed by atoms with Gasteiger partial charge in [0.1, 0.15) is 41.4 Å². The van der Waals surface area contributed by atoms with Crippen LogP contribution in [-0.4, -0.2) is 63.2 Å². The van der Waals surface area contributed by atoms with Crippen molar-refractivity contribution in [3.8, 4) is 23.1 Å². The molecule has 3 aliphatic rings. The molecule has 250 valence electrons. The molecule has 1 aromatic carbocycles. The number of benzene rings is 1. The van der Waals surface area contributed by atoms with E-state index in [0.29, 0.717) is 31.5 Å². The van der Waals surface area contributed by atoms with Crippen molar-refractivity contribution in [2.75, 3.05) is 49.2 Å².